The summed E-state index contributed by atoms with van der Waals surface area (Å²) >= 11 is 4.08. The van der Waals surface area contributed by atoms with Gasteiger partial charge >= 0.3 is 0 Å². The molecular formula is C12H15NO3S. The van der Waals surface area contributed by atoms with Crippen LogP contribution in [0.5, 0.6) is 5.75 Å². The van der Waals surface area contributed by atoms with Crippen LogP contribution < -0.4 is 10.1 Å². The quantitative estimate of drug-likeness (QED) is 0.719. The van der Waals surface area contributed by atoms with Crippen LogP contribution in [-0.2, 0) is 4.79 Å². The molecule has 0 saturated carbocycles. The standard InChI is InChI=1S/C12H15NO3S/c1-7-12(15)13-9-6-8(10(14)4-5-17)2-3-11(9)16-7/h2-3,6-7,10,14,17H,4-5H2,1H3,(H,13,15). The second kappa shape index (κ2) is 4.98. The van der Waals surface area contributed by atoms with Gasteiger partial charge in [-0.05, 0) is 36.8 Å². The number of anilines is 1. The maximum Gasteiger partial charge on any atom is 0.265 e. The molecule has 0 fully saturated rings. The Labute approximate surface area is 105 Å². The van der Waals surface area contributed by atoms with Crippen LogP contribution in [-0.4, -0.2) is 22.9 Å². The van der Waals surface area contributed by atoms with Gasteiger partial charge in [0.25, 0.3) is 5.91 Å². The van der Waals surface area contributed by atoms with Gasteiger partial charge in [0.15, 0.2) is 6.10 Å². The largest absolute Gasteiger partial charge is 0.479 e. The van der Waals surface area contributed by atoms with Gasteiger partial charge in [-0.3, -0.25) is 4.79 Å². The number of carbonyl (C=O) groups is 1. The van der Waals surface area contributed by atoms with Crippen LogP contribution in [0.4, 0.5) is 5.69 Å². The van der Waals surface area contributed by atoms with Crippen LogP contribution in [0.3, 0.4) is 0 Å². The minimum Gasteiger partial charge on any atom is -0.479 e. The van der Waals surface area contributed by atoms with E-state index in [1.54, 1.807) is 25.1 Å². The SMILES string of the molecule is CC1Oc2ccc(C(O)CCS)cc2NC1=O. The van der Waals surface area contributed by atoms with Crippen LogP contribution in [0.15, 0.2) is 18.2 Å². The second-order valence-electron chi connectivity index (χ2n) is 4.03. The Balaban J connectivity index is 2.25. The number of thiol groups is 1. The summed E-state index contributed by atoms with van der Waals surface area (Å²) in [4.78, 5) is 11.5. The lowest BCUT2D eigenvalue weighted by atomic mass is 10.1. The summed E-state index contributed by atoms with van der Waals surface area (Å²) in [5.74, 6) is 1.08. The molecule has 1 aliphatic rings. The first-order chi connectivity index (χ1) is 8.11. The van der Waals surface area contributed by atoms with Crippen molar-refractivity contribution in [3.63, 3.8) is 0 Å². The Kier molecular flexibility index (Phi) is 3.59. The molecule has 1 aromatic rings. The molecule has 2 unspecified atom stereocenters. The van der Waals surface area contributed by atoms with Gasteiger partial charge in [-0.25, -0.2) is 0 Å². The van der Waals surface area contributed by atoms with Crippen molar-refractivity contribution < 1.29 is 14.6 Å². The third kappa shape index (κ3) is 2.56. The number of aliphatic hydroxyl groups excluding tert-OH is 1. The van der Waals surface area contributed by atoms with Gasteiger partial charge in [0.1, 0.15) is 5.75 Å². The number of nitrogens with one attached hydrogen (secondary N) is 1. The van der Waals surface area contributed by atoms with Crippen LogP contribution in [0, 0.1) is 0 Å². The number of hydrogen-bond acceptors (Lipinski definition) is 4. The van der Waals surface area contributed by atoms with E-state index >= 15 is 0 Å². The average Bonchev–Trinajstić information content (AvgIpc) is 2.30. The highest BCUT2D eigenvalue weighted by molar-refractivity contribution is 7.80. The number of carbonyl (C=O) groups excluding carboxylic acids is 1. The molecule has 4 nitrogen and oxygen atoms in total. The van der Waals surface area contributed by atoms with Gasteiger partial charge in [-0.2, -0.15) is 12.6 Å². The summed E-state index contributed by atoms with van der Waals surface area (Å²) in [5, 5.41) is 12.6. The molecule has 1 heterocycles. The Morgan fingerprint density at radius 2 is 2.35 bits per heavy atom. The minimum atomic E-state index is -0.561. The van der Waals surface area contributed by atoms with E-state index < -0.39 is 12.2 Å². The van der Waals surface area contributed by atoms with E-state index in [4.69, 9.17) is 4.74 Å². The van der Waals surface area contributed by atoms with Gasteiger partial charge in [0.2, 0.25) is 0 Å². The zero-order valence-corrected chi connectivity index (χ0v) is 10.4. The molecule has 92 valence electrons. The number of hydrogen-bond donors (Lipinski definition) is 3. The molecule has 0 radical (unpaired) electrons. The maximum atomic E-state index is 11.5. The third-order valence-corrected chi connectivity index (χ3v) is 2.98. The predicted octanol–water partition coefficient (Wildman–Crippen LogP) is 1.76. The van der Waals surface area contributed by atoms with Crippen molar-refractivity contribution in [2.24, 2.45) is 0 Å². The van der Waals surface area contributed by atoms with E-state index in [2.05, 4.69) is 17.9 Å². The number of aliphatic hydroxyl groups is 1. The fraction of sp³-hybridized carbons (Fsp3) is 0.417. The number of fused-ring (bicyclic) bond motifs is 1. The van der Waals surface area contributed by atoms with E-state index in [1.165, 1.54) is 0 Å². The summed E-state index contributed by atoms with van der Waals surface area (Å²) in [6.45, 7) is 1.70. The number of benzene rings is 1. The van der Waals surface area contributed by atoms with Crippen molar-refractivity contribution in [1.29, 1.82) is 0 Å². The smallest absolute Gasteiger partial charge is 0.265 e. The Morgan fingerprint density at radius 3 is 3.06 bits per heavy atom. The minimum absolute atomic E-state index is 0.168. The van der Waals surface area contributed by atoms with Gasteiger partial charge in [-0.15, -0.1) is 0 Å². The molecule has 0 aromatic heterocycles. The van der Waals surface area contributed by atoms with Gasteiger partial charge in [0.05, 0.1) is 11.8 Å². The van der Waals surface area contributed by atoms with Crippen molar-refractivity contribution in [3.05, 3.63) is 23.8 Å². The molecule has 5 heteroatoms. The molecule has 2 rings (SSSR count). The maximum absolute atomic E-state index is 11.5. The summed E-state index contributed by atoms with van der Waals surface area (Å²) < 4.78 is 5.43. The lowest BCUT2D eigenvalue weighted by molar-refractivity contribution is -0.122. The zero-order chi connectivity index (χ0) is 12.4. The first-order valence-corrected chi connectivity index (χ1v) is 6.15. The highest BCUT2D eigenvalue weighted by Crippen LogP contribution is 2.32. The normalized spacial score (nSPS) is 20.2. The molecule has 0 aliphatic carbocycles. The van der Waals surface area contributed by atoms with Crippen molar-refractivity contribution in [2.45, 2.75) is 25.6 Å². The van der Waals surface area contributed by atoms with E-state index in [-0.39, 0.29) is 5.91 Å². The molecule has 0 spiro atoms. The summed E-state index contributed by atoms with van der Waals surface area (Å²) in [6.07, 6.45) is -0.461. The molecule has 1 aliphatic heterocycles. The molecular weight excluding hydrogens is 238 g/mol. The molecule has 2 atom stereocenters. The molecule has 2 N–H and O–H groups in total. The molecule has 1 amide bonds. The summed E-state index contributed by atoms with van der Waals surface area (Å²) in [7, 11) is 0. The fourth-order valence-corrected chi connectivity index (χ4v) is 1.97. The second-order valence-corrected chi connectivity index (χ2v) is 4.48. The van der Waals surface area contributed by atoms with Gasteiger partial charge in [-0.1, -0.05) is 6.07 Å². The van der Waals surface area contributed by atoms with Gasteiger partial charge in [0, 0.05) is 0 Å². The lowest BCUT2D eigenvalue weighted by Gasteiger charge is -2.24. The van der Waals surface area contributed by atoms with E-state index in [0.717, 1.165) is 5.56 Å². The van der Waals surface area contributed by atoms with Crippen LogP contribution in [0.25, 0.3) is 0 Å². The molecule has 0 bridgehead atoms. The van der Waals surface area contributed by atoms with Crippen molar-refractivity contribution >= 4 is 24.2 Å². The van der Waals surface area contributed by atoms with Crippen molar-refractivity contribution in [2.75, 3.05) is 11.1 Å². The summed E-state index contributed by atoms with van der Waals surface area (Å²) in [6, 6.07) is 5.31. The van der Waals surface area contributed by atoms with Crippen molar-refractivity contribution in [3.8, 4) is 5.75 Å². The number of rotatable bonds is 3. The Morgan fingerprint density at radius 1 is 1.59 bits per heavy atom. The first kappa shape index (κ1) is 12.3. The van der Waals surface area contributed by atoms with Crippen LogP contribution >= 0.6 is 12.6 Å². The highest BCUT2D eigenvalue weighted by Gasteiger charge is 2.24. The molecule has 0 saturated heterocycles. The monoisotopic (exact) mass is 253 g/mol. The highest BCUT2D eigenvalue weighted by atomic mass is 32.1. The topological polar surface area (TPSA) is 58.6 Å². The van der Waals surface area contributed by atoms with E-state index in [0.29, 0.717) is 23.6 Å². The zero-order valence-electron chi connectivity index (χ0n) is 9.51. The summed E-state index contributed by atoms with van der Waals surface area (Å²) in [5.41, 5.74) is 1.38. The van der Waals surface area contributed by atoms with Crippen LogP contribution in [0.1, 0.15) is 25.0 Å². The molecule has 17 heavy (non-hydrogen) atoms. The Bertz CT molecular complexity index is 436. The van der Waals surface area contributed by atoms with Crippen molar-refractivity contribution in [1.82, 2.24) is 0 Å². The average molecular weight is 253 g/mol. The first-order valence-electron chi connectivity index (χ1n) is 5.52. The van der Waals surface area contributed by atoms with Gasteiger partial charge < -0.3 is 15.2 Å². The van der Waals surface area contributed by atoms with E-state index in [1.807, 2.05) is 0 Å². The number of ether oxygens (including phenoxy) is 1. The third-order valence-electron chi connectivity index (χ3n) is 2.72. The Hall–Kier alpha value is -1.20. The molecule has 1 aromatic carbocycles. The lowest BCUT2D eigenvalue weighted by Crippen LogP contribution is -2.34. The van der Waals surface area contributed by atoms with Crippen LogP contribution in [0.2, 0.25) is 0 Å². The fourth-order valence-electron chi connectivity index (χ4n) is 1.72. The van der Waals surface area contributed by atoms with E-state index in [9.17, 15) is 9.90 Å². The predicted molar refractivity (Wildman–Crippen MR) is 68.6 cm³/mol. The number of amides is 1.